The van der Waals surface area contributed by atoms with Gasteiger partial charge in [-0.05, 0) is 0 Å². The van der Waals surface area contributed by atoms with Crippen molar-refractivity contribution >= 4 is 6.09 Å². The smallest absolute Gasteiger partial charge is 0.407 e. The van der Waals surface area contributed by atoms with Crippen LogP contribution in [0.1, 0.15) is 0 Å². The molecule has 1 fully saturated rings. The minimum atomic E-state index is -2.22. The first-order valence-electron chi connectivity index (χ1n) is 4.66. The van der Waals surface area contributed by atoms with Crippen LogP contribution in [0.4, 0.5) is 4.79 Å². The number of nitrogens with one attached hydrogen (secondary N) is 1. The lowest BCUT2D eigenvalue weighted by Crippen LogP contribution is -2.63. The molecule has 4 atom stereocenters. The molecule has 0 bridgehead atoms. The van der Waals surface area contributed by atoms with E-state index in [0.717, 1.165) is 0 Å². The summed E-state index contributed by atoms with van der Waals surface area (Å²) in [6.45, 7) is -1.02. The summed E-state index contributed by atoms with van der Waals surface area (Å²) < 4.78 is 9.26. The van der Waals surface area contributed by atoms with Crippen molar-refractivity contribution in [2.75, 3.05) is 20.3 Å². The van der Waals surface area contributed by atoms with E-state index in [-0.39, 0.29) is 6.61 Å². The Hall–Kier alpha value is -0.930. The zero-order chi connectivity index (χ0) is 12.3. The summed E-state index contributed by atoms with van der Waals surface area (Å²) in [7, 11) is 1.32. The molecule has 0 aromatic heterocycles. The fourth-order valence-corrected chi connectivity index (χ4v) is 1.26. The molecule has 1 saturated heterocycles. The molecule has 94 valence electrons. The van der Waals surface area contributed by atoms with Crippen molar-refractivity contribution in [3.63, 3.8) is 0 Å². The quantitative estimate of drug-likeness (QED) is 0.349. The number of hydrogen-bond donors (Lipinski definition) is 5. The van der Waals surface area contributed by atoms with E-state index in [1.165, 1.54) is 7.05 Å². The van der Waals surface area contributed by atoms with Crippen molar-refractivity contribution in [2.24, 2.45) is 0 Å². The third-order valence-electron chi connectivity index (χ3n) is 2.30. The van der Waals surface area contributed by atoms with Gasteiger partial charge in [-0.1, -0.05) is 0 Å². The molecular weight excluding hydrogens is 222 g/mol. The summed E-state index contributed by atoms with van der Waals surface area (Å²) in [6.07, 6.45) is -5.44. The lowest BCUT2D eigenvalue weighted by Gasteiger charge is -2.40. The van der Waals surface area contributed by atoms with Gasteiger partial charge in [0.15, 0.2) is 0 Å². The lowest BCUT2D eigenvalue weighted by atomic mass is 9.97. The summed E-state index contributed by atoms with van der Waals surface area (Å²) in [6, 6.07) is 0. The maximum absolute atomic E-state index is 10.8. The Balaban J connectivity index is 2.59. The van der Waals surface area contributed by atoms with Crippen LogP contribution in [0.2, 0.25) is 0 Å². The van der Waals surface area contributed by atoms with E-state index < -0.39 is 36.8 Å². The molecule has 5 N–H and O–H groups in total. The van der Waals surface area contributed by atoms with Crippen molar-refractivity contribution < 1.29 is 34.7 Å². The van der Waals surface area contributed by atoms with E-state index >= 15 is 0 Å². The minimum Gasteiger partial charge on any atom is -0.444 e. The molecule has 16 heavy (non-hydrogen) atoms. The Bertz CT molecular complexity index is 261. The van der Waals surface area contributed by atoms with Gasteiger partial charge >= 0.3 is 6.09 Å². The topological polar surface area (TPSA) is 128 Å². The zero-order valence-electron chi connectivity index (χ0n) is 8.66. The molecule has 1 aliphatic rings. The molecule has 1 heterocycles. The molecule has 1 amide bonds. The van der Waals surface area contributed by atoms with Crippen LogP contribution < -0.4 is 5.32 Å². The van der Waals surface area contributed by atoms with Gasteiger partial charge in [0, 0.05) is 7.05 Å². The maximum atomic E-state index is 10.8. The van der Waals surface area contributed by atoms with Gasteiger partial charge in [0.1, 0.15) is 24.9 Å². The predicted molar refractivity (Wildman–Crippen MR) is 49.3 cm³/mol. The number of rotatable bonds is 2. The van der Waals surface area contributed by atoms with E-state index in [1.807, 2.05) is 0 Å². The summed E-state index contributed by atoms with van der Waals surface area (Å²) >= 11 is 0. The Morgan fingerprint density at radius 3 is 2.75 bits per heavy atom. The van der Waals surface area contributed by atoms with Gasteiger partial charge in [-0.3, -0.25) is 0 Å². The molecule has 8 nitrogen and oxygen atoms in total. The van der Waals surface area contributed by atoms with Crippen molar-refractivity contribution in [3.8, 4) is 0 Å². The van der Waals surface area contributed by atoms with Crippen LogP contribution in [0, 0.1) is 0 Å². The molecule has 0 aromatic carbocycles. The van der Waals surface area contributed by atoms with Crippen molar-refractivity contribution in [2.45, 2.75) is 24.1 Å². The largest absolute Gasteiger partial charge is 0.444 e. The highest BCUT2D eigenvalue weighted by Crippen LogP contribution is 2.24. The predicted octanol–water partition coefficient (Wildman–Crippen LogP) is -2.86. The summed E-state index contributed by atoms with van der Waals surface area (Å²) in [4.78, 5) is 10.8. The van der Waals surface area contributed by atoms with Crippen molar-refractivity contribution in [1.82, 2.24) is 5.32 Å². The van der Waals surface area contributed by atoms with E-state index in [2.05, 4.69) is 10.1 Å². The Morgan fingerprint density at radius 2 is 2.19 bits per heavy atom. The first kappa shape index (κ1) is 13.1. The number of aliphatic hydroxyl groups excluding tert-OH is 3. The molecule has 0 saturated carbocycles. The van der Waals surface area contributed by atoms with Gasteiger partial charge in [0.25, 0.3) is 0 Å². The highest BCUT2D eigenvalue weighted by atomic mass is 16.7. The van der Waals surface area contributed by atoms with E-state index in [4.69, 9.17) is 9.84 Å². The van der Waals surface area contributed by atoms with Gasteiger partial charge in [-0.25, -0.2) is 4.79 Å². The molecule has 0 spiro atoms. The first-order chi connectivity index (χ1) is 7.40. The zero-order valence-corrected chi connectivity index (χ0v) is 8.66. The van der Waals surface area contributed by atoms with Crippen LogP contribution >= 0.6 is 0 Å². The van der Waals surface area contributed by atoms with Gasteiger partial charge < -0.3 is 35.2 Å². The molecule has 1 rings (SSSR count). The van der Waals surface area contributed by atoms with Crippen LogP contribution in [0.15, 0.2) is 0 Å². The summed E-state index contributed by atoms with van der Waals surface area (Å²) in [5.74, 6) is -2.22. The third kappa shape index (κ3) is 2.60. The summed E-state index contributed by atoms with van der Waals surface area (Å²) in [5, 5.41) is 39.8. The lowest BCUT2D eigenvalue weighted by molar-refractivity contribution is -0.330. The molecule has 8 heteroatoms. The second-order valence-electron chi connectivity index (χ2n) is 3.48. The normalized spacial score (nSPS) is 39.2. The highest BCUT2D eigenvalue weighted by Gasteiger charge is 2.49. The Kier molecular flexibility index (Phi) is 4.05. The average Bonchev–Trinajstić information content (AvgIpc) is 2.29. The highest BCUT2D eigenvalue weighted by molar-refractivity contribution is 5.66. The number of carbonyl (C=O) groups is 1. The number of carbonyl (C=O) groups excluding carboxylic acids is 1. The van der Waals surface area contributed by atoms with Crippen molar-refractivity contribution in [3.05, 3.63) is 0 Å². The van der Waals surface area contributed by atoms with E-state index in [9.17, 15) is 20.1 Å². The molecule has 0 aromatic rings. The van der Waals surface area contributed by atoms with Gasteiger partial charge in [0.2, 0.25) is 5.79 Å². The van der Waals surface area contributed by atoms with Gasteiger partial charge in [-0.2, -0.15) is 0 Å². The second kappa shape index (κ2) is 4.93. The van der Waals surface area contributed by atoms with Crippen molar-refractivity contribution in [1.29, 1.82) is 0 Å². The fraction of sp³-hybridized carbons (Fsp3) is 0.875. The Labute approximate surface area is 91.4 Å². The molecule has 1 aliphatic heterocycles. The number of ether oxygens (including phenoxy) is 2. The second-order valence-corrected chi connectivity index (χ2v) is 3.48. The monoisotopic (exact) mass is 237 g/mol. The maximum Gasteiger partial charge on any atom is 0.407 e. The van der Waals surface area contributed by atoms with E-state index in [0.29, 0.717) is 0 Å². The van der Waals surface area contributed by atoms with Gasteiger partial charge in [0.05, 0.1) is 6.61 Å². The molecule has 0 aliphatic carbocycles. The van der Waals surface area contributed by atoms with Crippen LogP contribution in [0.3, 0.4) is 0 Å². The van der Waals surface area contributed by atoms with Crippen LogP contribution in [-0.4, -0.2) is 70.9 Å². The first-order valence-corrected chi connectivity index (χ1v) is 4.66. The summed E-state index contributed by atoms with van der Waals surface area (Å²) in [5.41, 5.74) is 0. The van der Waals surface area contributed by atoms with Crippen LogP contribution in [-0.2, 0) is 9.47 Å². The third-order valence-corrected chi connectivity index (χ3v) is 2.30. The minimum absolute atomic E-state index is 0.369. The SMILES string of the molecule is CNC(=O)OC[C@@]1(O)OC[C@@H](O)[C@@H](O)[C@H]1O. The molecule has 0 radical (unpaired) electrons. The standard InChI is InChI=1S/C8H15NO7/c1-9-7(13)15-3-8(14)6(12)5(11)4(10)2-16-8/h4-6,10-12,14H,2-3H2,1H3,(H,9,13)/t4-,5-,6-,8-/m1/s1. The number of alkyl carbamates (subject to hydrolysis) is 1. The Morgan fingerprint density at radius 1 is 1.56 bits per heavy atom. The average molecular weight is 237 g/mol. The fourth-order valence-electron chi connectivity index (χ4n) is 1.26. The molecular formula is C8H15NO7. The van der Waals surface area contributed by atoms with Gasteiger partial charge in [-0.15, -0.1) is 0 Å². The van der Waals surface area contributed by atoms with Crippen LogP contribution in [0.5, 0.6) is 0 Å². The van der Waals surface area contributed by atoms with Crippen LogP contribution in [0.25, 0.3) is 0 Å². The number of amides is 1. The van der Waals surface area contributed by atoms with E-state index in [1.54, 1.807) is 0 Å². The number of aliphatic hydroxyl groups is 4. The molecule has 0 unspecified atom stereocenters. The number of hydrogen-bond acceptors (Lipinski definition) is 7.